The minimum Gasteiger partial charge on any atom is -0.312 e. The second-order valence-corrected chi connectivity index (χ2v) is 6.99. The zero-order valence-corrected chi connectivity index (χ0v) is 13.5. The smallest absolute Gasteiger partial charge is 0.312 e. The van der Waals surface area contributed by atoms with Gasteiger partial charge in [-0.1, -0.05) is 32.0 Å². The van der Waals surface area contributed by atoms with Gasteiger partial charge in [-0.25, -0.2) is 0 Å². The standard InChI is InChI=1S/C17H26F3N/c1-12(13(2)11-21-16(3,4)5)9-14-7-6-8-15(10-14)17(18,19)20/h6-8,10,12-13,21H,9,11H2,1-5H3. The van der Waals surface area contributed by atoms with Gasteiger partial charge >= 0.3 is 6.18 Å². The van der Waals surface area contributed by atoms with Gasteiger partial charge in [0.2, 0.25) is 0 Å². The van der Waals surface area contributed by atoms with Gasteiger partial charge in [-0.15, -0.1) is 0 Å². The van der Waals surface area contributed by atoms with Crippen LogP contribution in [0.2, 0.25) is 0 Å². The molecule has 120 valence electrons. The lowest BCUT2D eigenvalue weighted by atomic mass is 9.88. The van der Waals surface area contributed by atoms with Crippen LogP contribution in [-0.4, -0.2) is 12.1 Å². The summed E-state index contributed by atoms with van der Waals surface area (Å²) < 4.78 is 38.1. The van der Waals surface area contributed by atoms with Crippen LogP contribution < -0.4 is 5.32 Å². The van der Waals surface area contributed by atoms with Gasteiger partial charge in [0.25, 0.3) is 0 Å². The molecule has 0 heterocycles. The Morgan fingerprint density at radius 2 is 1.67 bits per heavy atom. The summed E-state index contributed by atoms with van der Waals surface area (Å²) in [7, 11) is 0. The van der Waals surface area contributed by atoms with Crippen LogP contribution in [-0.2, 0) is 12.6 Å². The van der Waals surface area contributed by atoms with Gasteiger partial charge in [-0.2, -0.15) is 13.2 Å². The van der Waals surface area contributed by atoms with E-state index in [9.17, 15) is 13.2 Å². The minimum atomic E-state index is -4.27. The van der Waals surface area contributed by atoms with Crippen LogP contribution in [0.5, 0.6) is 0 Å². The summed E-state index contributed by atoms with van der Waals surface area (Å²) >= 11 is 0. The molecule has 1 nitrogen and oxygen atoms in total. The second-order valence-electron chi connectivity index (χ2n) is 6.99. The largest absolute Gasteiger partial charge is 0.416 e. The van der Waals surface area contributed by atoms with Crippen molar-refractivity contribution in [3.8, 4) is 0 Å². The van der Waals surface area contributed by atoms with Crippen molar-refractivity contribution in [3.05, 3.63) is 35.4 Å². The van der Waals surface area contributed by atoms with Gasteiger partial charge in [0, 0.05) is 5.54 Å². The number of hydrogen-bond acceptors (Lipinski definition) is 1. The first kappa shape index (κ1) is 18.0. The molecule has 0 saturated heterocycles. The van der Waals surface area contributed by atoms with Crippen LogP contribution in [0, 0.1) is 11.8 Å². The van der Waals surface area contributed by atoms with E-state index in [1.54, 1.807) is 6.07 Å². The molecule has 0 aliphatic rings. The quantitative estimate of drug-likeness (QED) is 0.815. The van der Waals surface area contributed by atoms with Crippen LogP contribution in [0.1, 0.15) is 45.7 Å². The molecular formula is C17H26F3N. The van der Waals surface area contributed by atoms with Gasteiger partial charge in [0.15, 0.2) is 0 Å². The summed E-state index contributed by atoms with van der Waals surface area (Å²) in [4.78, 5) is 0. The van der Waals surface area contributed by atoms with Crippen LogP contribution in [0.4, 0.5) is 13.2 Å². The fourth-order valence-electron chi connectivity index (χ4n) is 2.12. The molecule has 0 aliphatic heterocycles. The maximum absolute atomic E-state index is 12.7. The Hall–Kier alpha value is -1.03. The van der Waals surface area contributed by atoms with Crippen molar-refractivity contribution in [2.24, 2.45) is 11.8 Å². The monoisotopic (exact) mass is 301 g/mol. The highest BCUT2D eigenvalue weighted by Crippen LogP contribution is 2.30. The molecule has 2 atom stereocenters. The van der Waals surface area contributed by atoms with Crippen molar-refractivity contribution in [1.82, 2.24) is 5.32 Å². The molecule has 0 amide bonds. The SMILES string of the molecule is CC(CNC(C)(C)C)C(C)Cc1cccc(C(F)(F)F)c1. The normalized spacial score (nSPS) is 15.8. The Labute approximate surface area is 125 Å². The number of rotatable bonds is 5. The Morgan fingerprint density at radius 3 is 2.19 bits per heavy atom. The first-order chi connectivity index (χ1) is 9.49. The van der Waals surface area contributed by atoms with Crippen LogP contribution in [0.15, 0.2) is 24.3 Å². The third-order valence-corrected chi connectivity index (χ3v) is 3.74. The van der Waals surface area contributed by atoms with Gasteiger partial charge in [-0.05, 0) is 57.2 Å². The van der Waals surface area contributed by atoms with E-state index in [2.05, 4.69) is 39.9 Å². The van der Waals surface area contributed by atoms with Crippen molar-refractivity contribution in [2.45, 2.75) is 52.8 Å². The van der Waals surface area contributed by atoms with Gasteiger partial charge in [0.05, 0.1) is 5.56 Å². The first-order valence-electron chi connectivity index (χ1n) is 7.40. The fraction of sp³-hybridized carbons (Fsp3) is 0.647. The average Bonchev–Trinajstić information content (AvgIpc) is 2.34. The van der Waals surface area contributed by atoms with Crippen molar-refractivity contribution in [1.29, 1.82) is 0 Å². The van der Waals surface area contributed by atoms with Crippen LogP contribution in [0.3, 0.4) is 0 Å². The van der Waals surface area contributed by atoms with Crippen molar-refractivity contribution in [2.75, 3.05) is 6.54 Å². The minimum absolute atomic E-state index is 0.0597. The molecule has 0 fully saturated rings. The van der Waals surface area contributed by atoms with Gasteiger partial charge in [0.1, 0.15) is 0 Å². The molecule has 4 heteroatoms. The number of alkyl halides is 3. The van der Waals surface area contributed by atoms with E-state index in [0.717, 1.165) is 18.2 Å². The van der Waals surface area contributed by atoms with Crippen LogP contribution in [0.25, 0.3) is 0 Å². The fourth-order valence-corrected chi connectivity index (χ4v) is 2.12. The van der Waals surface area contributed by atoms with E-state index in [4.69, 9.17) is 0 Å². The lowest BCUT2D eigenvalue weighted by molar-refractivity contribution is -0.137. The van der Waals surface area contributed by atoms with E-state index in [0.29, 0.717) is 18.3 Å². The lowest BCUT2D eigenvalue weighted by Gasteiger charge is -2.26. The topological polar surface area (TPSA) is 12.0 Å². The maximum Gasteiger partial charge on any atom is 0.416 e. The number of nitrogens with one attached hydrogen (secondary N) is 1. The van der Waals surface area contributed by atoms with Crippen molar-refractivity contribution >= 4 is 0 Å². The van der Waals surface area contributed by atoms with Crippen molar-refractivity contribution in [3.63, 3.8) is 0 Å². The van der Waals surface area contributed by atoms with E-state index in [-0.39, 0.29) is 5.54 Å². The van der Waals surface area contributed by atoms with E-state index >= 15 is 0 Å². The molecule has 0 aliphatic carbocycles. The molecule has 0 aromatic heterocycles. The summed E-state index contributed by atoms with van der Waals surface area (Å²) in [6.07, 6.45) is -3.60. The average molecular weight is 301 g/mol. The molecule has 0 radical (unpaired) electrons. The molecule has 0 bridgehead atoms. The second kappa shape index (κ2) is 6.82. The van der Waals surface area contributed by atoms with E-state index in [1.165, 1.54) is 12.1 Å². The predicted octanol–water partition coefficient (Wildman–Crippen LogP) is 4.91. The summed E-state index contributed by atoms with van der Waals surface area (Å²) in [5.41, 5.74) is 0.247. The Kier molecular flexibility index (Phi) is 5.85. The van der Waals surface area contributed by atoms with Gasteiger partial charge < -0.3 is 5.32 Å². The third-order valence-electron chi connectivity index (χ3n) is 3.74. The van der Waals surface area contributed by atoms with E-state index in [1.807, 2.05) is 0 Å². The lowest BCUT2D eigenvalue weighted by Crippen LogP contribution is -2.40. The zero-order valence-electron chi connectivity index (χ0n) is 13.5. The highest BCUT2D eigenvalue weighted by molar-refractivity contribution is 5.26. The molecule has 1 N–H and O–H groups in total. The molecule has 0 spiro atoms. The van der Waals surface area contributed by atoms with Gasteiger partial charge in [-0.3, -0.25) is 0 Å². The Morgan fingerprint density at radius 1 is 1.05 bits per heavy atom. The highest BCUT2D eigenvalue weighted by Gasteiger charge is 2.30. The maximum atomic E-state index is 12.7. The summed E-state index contributed by atoms with van der Waals surface area (Å²) in [6, 6.07) is 5.65. The number of benzene rings is 1. The zero-order chi connectivity index (χ0) is 16.3. The third kappa shape index (κ3) is 6.51. The number of hydrogen-bond donors (Lipinski definition) is 1. The highest BCUT2D eigenvalue weighted by atomic mass is 19.4. The molecule has 1 rings (SSSR count). The summed E-state index contributed by atoms with van der Waals surface area (Å²) in [5.74, 6) is 0.724. The van der Waals surface area contributed by atoms with Crippen molar-refractivity contribution < 1.29 is 13.2 Å². The predicted molar refractivity (Wildman–Crippen MR) is 81.2 cm³/mol. The molecule has 21 heavy (non-hydrogen) atoms. The molecule has 0 saturated carbocycles. The van der Waals surface area contributed by atoms with Crippen LogP contribution >= 0.6 is 0 Å². The van der Waals surface area contributed by atoms with E-state index < -0.39 is 11.7 Å². The first-order valence-corrected chi connectivity index (χ1v) is 7.40. The summed E-state index contributed by atoms with van der Waals surface area (Å²) in [5, 5.41) is 3.44. The molecule has 2 unspecified atom stereocenters. The molecular weight excluding hydrogens is 275 g/mol. The Balaban J connectivity index is 2.64. The summed E-state index contributed by atoms with van der Waals surface area (Å²) in [6.45, 7) is 11.4. The Bertz CT molecular complexity index is 446. The molecule has 1 aromatic carbocycles. The number of halogens is 3. The molecule has 1 aromatic rings.